The molecule has 0 saturated heterocycles. The fourth-order valence-electron chi connectivity index (χ4n) is 2.20. The molecule has 5 nitrogen and oxygen atoms in total. The third-order valence-electron chi connectivity index (χ3n) is 3.13. The predicted molar refractivity (Wildman–Crippen MR) is 80.2 cm³/mol. The van der Waals surface area contributed by atoms with Crippen LogP contribution < -0.4 is 16.8 Å². The normalized spacial score (nSPS) is 12.2. The third kappa shape index (κ3) is 5.51. The molecule has 1 aromatic carbocycles. The highest BCUT2D eigenvalue weighted by atomic mass is 19.1. The Bertz CT molecular complexity index is 518. The molecule has 0 radical (unpaired) electrons. The van der Waals surface area contributed by atoms with Crippen LogP contribution in [0.25, 0.3) is 0 Å². The molecule has 2 amide bonds. The lowest BCUT2D eigenvalue weighted by molar-refractivity contribution is -0.117. The van der Waals surface area contributed by atoms with E-state index in [-0.39, 0.29) is 23.8 Å². The van der Waals surface area contributed by atoms with E-state index in [0.29, 0.717) is 18.2 Å². The van der Waals surface area contributed by atoms with Gasteiger partial charge in [-0.05, 0) is 43.0 Å². The molecule has 1 aromatic rings. The summed E-state index contributed by atoms with van der Waals surface area (Å²) in [4.78, 5) is 23.0. The molecule has 116 valence electrons. The van der Waals surface area contributed by atoms with Crippen LogP contribution >= 0.6 is 0 Å². The van der Waals surface area contributed by atoms with Crippen LogP contribution in [0.3, 0.4) is 0 Å². The van der Waals surface area contributed by atoms with Crippen molar-refractivity contribution in [2.75, 3.05) is 11.9 Å². The molecule has 0 aromatic heterocycles. The van der Waals surface area contributed by atoms with E-state index >= 15 is 0 Å². The Morgan fingerprint density at radius 1 is 1.33 bits per heavy atom. The summed E-state index contributed by atoms with van der Waals surface area (Å²) in [5, 5.41) is 2.63. The molecule has 0 aliphatic heterocycles. The van der Waals surface area contributed by atoms with Gasteiger partial charge in [0.15, 0.2) is 0 Å². The molecule has 0 bridgehead atoms. The van der Waals surface area contributed by atoms with Crippen molar-refractivity contribution in [3.63, 3.8) is 0 Å². The first-order chi connectivity index (χ1) is 9.83. The van der Waals surface area contributed by atoms with E-state index in [1.807, 2.05) is 0 Å². The Kier molecular flexibility index (Phi) is 6.30. The van der Waals surface area contributed by atoms with Gasteiger partial charge in [-0.2, -0.15) is 0 Å². The predicted octanol–water partition coefficient (Wildman–Crippen LogP) is 1.87. The molecule has 0 saturated carbocycles. The summed E-state index contributed by atoms with van der Waals surface area (Å²) < 4.78 is 13.3. The van der Waals surface area contributed by atoms with Crippen molar-refractivity contribution in [2.45, 2.75) is 26.7 Å². The van der Waals surface area contributed by atoms with Gasteiger partial charge < -0.3 is 16.8 Å². The first-order valence-electron chi connectivity index (χ1n) is 6.92. The number of carbonyl (C=O) groups excluding carboxylic acids is 2. The number of carbonyl (C=O) groups is 2. The standard InChI is InChI=1S/C15H22FN3O2/c1-9(2)5-10(8-17)6-14(20)19-11-3-4-13(16)12(7-11)15(18)21/h3-4,7,9-10H,5-6,8,17H2,1-2H3,(H2,18,21)(H,19,20)/t10-/m0/s1. The van der Waals surface area contributed by atoms with Crippen molar-refractivity contribution < 1.29 is 14.0 Å². The molecule has 21 heavy (non-hydrogen) atoms. The molecule has 5 N–H and O–H groups in total. The summed E-state index contributed by atoms with van der Waals surface area (Å²) in [6.45, 7) is 4.57. The maximum atomic E-state index is 13.3. The average Bonchev–Trinajstić information content (AvgIpc) is 2.39. The zero-order valence-corrected chi connectivity index (χ0v) is 12.4. The van der Waals surface area contributed by atoms with Crippen LogP contribution in [0.5, 0.6) is 0 Å². The number of rotatable bonds is 7. The van der Waals surface area contributed by atoms with Crippen LogP contribution in [-0.4, -0.2) is 18.4 Å². The summed E-state index contributed by atoms with van der Waals surface area (Å²) in [5.41, 5.74) is 10.8. The SMILES string of the molecule is CC(C)C[C@H](CN)CC(=O)Nc1ccc(F)c(C(N)=O)c1. The van der Waals surface area contributed by atoms with Gasteiger partial charge in [0, 0.05) is 12.1 Å². The fourth-order valence-corrected chi connectivity index (χ4v) is 2.20. The molecular formula is C15H22FN3O2. The van der Waals surface area contributed by atoms with E-state index in [0.717, 1.165) is 12.5 Å². The van der Waals surface area contributed by atoms with Crippen molar-refractivity contribution in [2.24, 2.45) is 23.3 Å². The van der Waals surface area contributed by atoms with Crippen molar-refractivity contribution in [3.8, 4) is 0 Å². The summed E-state index contributed by atoms with van der Waals surface area (Å²) in [5.74, 6) is -1.24. The van der Waals surface area contributed by atoms with Crippen molar-refractivity contribution in [3.05, 3.63) is 29.6 Å². The monoisotopic (exact) mass is 295 g/mol. The number of benzene rings is 1. The second kappa shape index (κ2) is 7.73. The minimum atomic E-state index is -0.872. The zero-order chi connectivity index (χ0) is 16.0. The summed E-state index contributed by atoms with van der Waals surface area (Å²) in [6.07, 6.45) is 1.15. The Balaban J connectivity index is 2.70. The lowest BCUT2D eigenvalue weighted by Crippen LogP contribution is -2.23. The Hall–Kier alpha value is -1.95. The molecule has 6 heteroatoms. The van der Waals surface area contributed by atoms with Crippen LogP contribution in [0.2, 0.25) is 0 Å². The van der Waals surface area contributed by atoms with E-state index < -0.39 is 11.7 Å². The minimum Gasteiger partial charge on any atom is -0.366 e. The third-order valence-corrected chi connectivity index (χ3v) is 3.13. The van der Waals surface area contributed by atoms with Crippen LogP contribution in [-0.2, 0) is 4.79 Å². The number of nitrogens with two attached hydrogens (primary N) is 2. The van der Waals surface area contributed by atoms with E-state index in [1.54, 1.807) is 0 Å². The zero-order valence-electron chi connectivity index (χ0n) is 12.4. The second-order valence-corrected chi connectivity index (χ2v) is 5.54. The van der Waals surface area contributed by atoms with E-state index in [4.69, 9.17) is 11.5 Å². The van der Waals surface area contributed by atoms with Gasteiger partial charge in [0.05, 0.1) is 5.56 Å². The number of halogens is 1. The summed E-state index contributed by atoms with van der Waals surface area (Å²) in [6, 6.07) is 3.72. The lowest BCUT2D eigenvalue weighted by Gasteiger charge is -2.16. The van der Waals surface area contributed by atoms with Gasteiger partial charge in [-0.1, -0.05) is 13.8 Å². The second-order valence-electron chi connectivity index (χ2n) is 5.54. The maximum Gasteiger partial charge on any atom is 0.251 e. The van der Waals surface area contributed by atoms with Crippen LogP contribution in [0.1, 0.15) is 37.0 Å². The topological polar surface area (TPSA) is 98.2 Å². The number of hydrogen-bond donors (Lipinski definition) is 3. The van der Waals surface area contributed by atoms with Gasteiger partial charge in [-0.15, -0.1) is 0 Å². The number of nitrogens with one attached hydrogen (secondary N) is 1. The molecule has 0 unspecified atom stereocenters. The van der Waals surface area contributed by atoms with Gasteiger partial charge in [0.2, 0.25) is 5.91 Å². The maximum absolute atomic E-state index is 13.3. The number of amides is 2. The van der Waals surface area contributed by atoms with Crippen LogP contribution in [0.15, 0.2) is 18.2 Å². The summed E-state index contributed by atoms with van der Waals surface area (Å²) in [7, 11) is 0. The Morgan fingerprint density at radius 3 is 2.52 bits per heavy atom. The molecule has 1 rings (SSSR count). The quantitative estimate of drug-likeness (QED) is 0.716. The molecule has 0 heterocycles. The van der Waals surface area contributed by atoms with E-state index in [2.05, 4.69) is 19.2 Å². The van der Waals surface area contributed by atoms with Gasteiger partial charge in [0.1, 0.15) is 5.82 Å². The van der Waals surface area contributed by atoms with Crippen molar-refractivity contribution in [1.82, 2.24) is 0 Å². The van der Waals surface area contributed by atoms with Gasteiger partial charge in [-0.3, -0.25) is 9.59 Å². The highest BCUT2D eigenvalue weighted by Gasteiger charge is 2.15. The molecule has 0 fully saturated rings. The number of anilines is 1. The molecule has 0 aliphatic carbocycles. The molecule has 0 aliphatic rings. The Labute approximate surface area is 123 Å². The van der Waals surface area contributed by atoms with Crippen LogP contribution in [0.4, 0.5) is 10.1 Å². The molecule has 0 spiro atoms. The minimum absolute atomic E-state index is 0.0982. The van der Waals surface area contributed by atoms with Gasteiger partial charge in [-0.25, -0.2) is 4.39 Å². The molecule has 1 atom stereocenters. The number of primary amides is 1. The summed E-state index contributed by atoms with van der Waals surface area (Å²) >= 11 is 0. The highest BCUT2D eigenvalue weighted by molar-refractivity contribution is 5.96. The van der Waals surface area contributed by atoms with Gasteiger partial charge >= 0.3 is 0 Å². The van der Waals surface area contributed by atoms with Crippen molar-refractivity contribution >= 4 is 17.5 Å². The largest absolute Gasteiger partial charge is 0.366 e. The number of hydrogen-bond acceptors (Lipinski definition) is 3. The average molecular weight is 295 g/mol. The smallest absolute Gasteiger partial charge is 0.251 e. The first-order valence-corrected chi connectivity index (χ1v) is 6.92. The Morgan fingerprint density at radius 2 is 2.00 bits per heavy atom. The van der Waals surface area contributed by atoms with Crippen molar-refractivity contribution in [1.29, 1.82) is 0 Å². The fraction of sp³-hybridized carbons (Fsp3) is 0.467. The van der Waals surface area contributed by atoms with E-state index in [9.17, 15) is 14.0 Å². The molecular weight excluding hydrogens is 273 g/mol. The lowest BCUT2D eigenvalue weighted by atomic mass is 9.94. The first kappa shape index (κ1) is 17.1. The van der Waals surface area contributed by atoms with E-state index in [1.165, 1.54) is 12.1 Å². The van der Waals surface area contributed by atoms with Gasteiger partial charge in [0.25, 0.3) is 5.91 Å². The van der Waals surface area contributed by atoms with Crippen LogP contribution in [0, 0.1) is 17.7 Å². The highest BCUT2D eigenvalue weighted by Crippen LogP contribution is 2.17.